The molecule has 6 heteroatoms. The van der Waals surface area contributed by atoms with Gasteiger partial charge in [0.1, 0.15) is 0 Å². The topological polar surface area (TPSA) is 92.2 Å². The Labute approximate surface area is 73.6 Å². The third kappa shape index (κ3) is 1.98. The third-order valence-corrected chi connectivity index (χ3v) is 1.30. The molecular weight excluding hydrogens is 174 g/mol. The molecule has 13 heavy (non-hydrogen) atoms. The monoisotopic (exact) mass is 181 g/mol. The molecule has 2 N–H and O–H groups in total. The first-order chi connectivity index (χ1) is 6.15. The van der Waals surface area contributed by atoms with Crippen LogP contribution in [0.2, 0.25) is 0 Å². The second-order valence-corrected chi connectivity index (χ2v) is 2.15. The molecule has 0 aliphatic carbocycles. The number of nitrogens with zero attached hydrogens (tertiary/aromatic N) is 2. The van der Waals surface area contributed by atoms with Crippen LogP contribution in [0.15, 0.2) is 12.3 Å². The van der Waals surface area contributed by atoms with E-state index in [-0.39, 0.29) is 11.5 Å². The lowest BCUT2D eigenvalue weighted by atomic mass is 10.4. The fraction of sp³-hybridized carbons (Fsp3) is 0.143. The standard InChI is InChI=1S/C7H7N3O3/c1-8-6(11)5-9-3-2-4(10-5)7(12)13/h2-3H,1H3,(H,8,11)(H,12,13). The first kappa shape index (κ1) is 9.11. The molecule has 1 rings (SSSR count). The Balaban J connectivity index is 3.05. The van der Waals surface area contributed by atoms with Gasteiger partial charge in [0.25, 0.3) is 5.91 Å². The van der Waals surface area contributed by atoms with Crippen molar-refractivity contribution in [2.24, 2.45) is 0 Å². The van der Waals surface area contributed by atoms with Crippen LogP contribution in [0.5, 0.6) is 0 Å². The molecule has 0 fully saturated rings. The van der Waals surface area contributed by atoms with Gasteiger partial charge in [0, 0.05) is 13.2 Å². The summed E-state index contributed by atoms with van der Waals surface area (Å²) in [7, 11) is 1.42. The van der Waals surface area contributed by atoms with Gasteiger partial charge in [-0.3, -0.25) is 4.79 Å². The molecule has 0 saturated heterocycles. The van der Waals surface area contributed by atoms with E-state index in [1.807, 2.05) is 0 Å². The summed E-state index contributed by atoms with van der Waals surface area (Å²) in [6.45, 7) is 0. The Bertz CT molecular complexity index is 351. The summed E-state index contributed by atoms with van der Waals surface area (Å²) in [6.07, 6.45) is 1.22. The number of carbonyl (C=O) groups is 2. The molecule has 0 aliphatic rings. The van der Waals surface area contributed by atoms with E-state index < -0.39 is 11.9 Å². The average Bonchev–Trinajstić information content (AvgIpc) is 2.17. The van der Waals surface area contributed by atoms with Gasteiger partial charge in [0.15, 0.2) is 5.69 Å². The highest BCUT2D eigenvalue weighted by molar-refractivity contribution is 5.92. The smallest absolute Gasteiger partial charge is 0.354 e. The van der Waals surface area contributed by atoms with Crippen LogP contribution in [0.1, 0.15) is 21.1 Å². The van der Waals surface area contributed by atoms with Gasteiger partial charge in [-0.2, -0.15) is 0 Å². The maximum Gasteiger partial charge on any atom is 0.354 e. The van der Waals surface area contributed by atoms with Gasteiger partial charge in [-0.1, -0.05) is 0 Å². The lowest BCUT2D eigenvalue weighted by Crippen LogP contribution is -2.21. The summed E-state index contributed by atoms with van der Waals surface area (Å²) in [6, 6.07) is 1.22. The molecule has 0 spiro atoms. The van der Waals surface area contributed by atoms with Crippen molar-refractivity contribution in [3.63, 3.8) is 0 Å². The van der Waals surface area contributed by atoms with Crippen LogP contribution in [-0.4, -0.2) is 34.0 Å². The number of carboxylic acid groups (broad SMARTS) is 1. The lowest BCUT2D eigenvalue weighted by Gasteiger charge is -1.97. The second-order valence-electron chi connectivity index (χ2n) is 2.15. The number of hydrogen-bond donors (Lipinski definition) is 2. The molecule has 0 atom stereocenters. The van der Waals surface area contributed by atoms with E-state index in [1.54, 1.807) is 0 Å². The Hall–Kier alpha value is -1.98. The van der Waals surface area contributed by atoms with Gasteiger partial charge in [0.05, 0.1) is 0 Å². The van der Waals surface area contributed by atoms with Gasteiger partial charge >= 0.3 is 5.97 Å². The summed E-state index contributed by atoms with van der Waals surface area (Å²) < 4.78 is 0. The molecule has 0 radical (unpaired) electrons. The number of amides is 1. The third-order valence-electron chi connectivity index (χ3n) is 1.30. The van der Waals surface area contributed by atoms with Gasteiger partial charge in [-0.25, -0.2) is 14.8 Å². The van der Waals surface area contributed by atoms with Crippen molar-refractivity contribution >= 4 is 11.9 Å². The van der Waals surface area contributed by atoms with Crippen LogP contribution >= 0.6 is 0 Å². The number of aromatic nitrogens is 2. The zero-order valence-corrected chi connectivity index (χ0v) is 6.81. The Morgan fingerprint density at radius 1 is 1.54 bits per heavy atom. The fourth-order valence-electron chi connectivity index (χ4n) is 0.699. The molecule has 1 aromatic heterocycles. The largest absolute Gasteiger partial charge is 0.477 e. The minimum Gasteiger partial charge on any atom is -0.477 e. The maximum absolute atomic E-state index is 11.0. The average molecular weight is 181 g/mol. The molecule has 0 bridgehead atoms. The summed E-state index contributed by atoms with van der Waals surface area (Å²) in [5.41, 5.74) is -0.200. The summed E-state index contributed by atoms with van der Waals surface area (Å²) in [5, 5.41) is 10.8. The minimum absolute atomic E-state index is 0.151. The predicted molar refractivity (Wildman–Crippen MR) is 42.4 cm³/mol. The number of rotatable bonds is 2. The van der Waals surface area contributed by atoms with Gasteiger partial charge in [0.2, 0.25) is 5.82 Å². The summed E-state index contributed by atoms with van der Waals surface area (Å²) in [5.74, 6) is -1.85. The van der Waals surface area contributed by atoms with Crippen LogP contribution in [0.4, 0.5) is 0 Å². The number of hydrogen-bond acceptors (Lipinski definition) is 4. The van der Waals surface area contributed by atoms with Gasteiger partial charge in [-0.05, 0) is 6.07 Å². The van der Waals surface area contributed by atoms with Crippen LogP contribution in [-0.2, 0) is 0 Å². The van der Waals surface area contributed by atoms with Crippen molar-refractivity contribution in [1.82, 2.24) is 15.3 Å². The Morgan fingerprint density at radius 2 is 2.23 bits per heavy atom. The van der Waals surface area contributed by atoms with Gasteiger partial charge < -0.3 is 10.4 Å². The molecule has 0 unspecified atom stereocenters. The van der Waals surface area contributed by atoms with Crippen molar-refractivity contribution in [3.8, 4) is 0 Å². The number of aromatic carboxylic acids is 1. The maximum atomic E-state index is 11.0. The van der Waals surface area contributed by atoms with Crippen molar-refractivity contribution in [3.05, 3.63) is 23.8 Å². The van der Waals surface area contributed by atoms with E-state index in [1.165, 1.54) is 19.3 Å². The Kier molecular flexibility index (Phi) is 2.53. The fourth-order valence-corrected chi connectivity index (χ4v) is 0.699. The van der Waals surface area contributed by atoms with Crippen LogP contribution < -0.4 is 5.32 Å². The van der Waals surface area contributed by atoms with Crippen LogP contribution in [0, 0.1) is 0 Å². The van der Waals surface area contributed by atoms with Crippen molar-refractivity contribution in [1.29, 1.82) is 0 Å². The number of carbonyl (C=O) groups excluding carboxylic acids is 1. The second kappa shape index (κ2) is 3.61. The van der Waals surface area contributed by atoms with E-state index in [2.05, 4.69) is 15.3 Å². The number of carboxylic acids is 1. The normalized spacial score (nSPS) is 9.31. The van der Waals surface area contributed by atoms with Crippen molar-refractivity contribution in [2.45, 2.75) is 0 Å². The zero-order chi connectivity index (χ0) is 9.84. The van der Waals surface area contributed by atoms with Crippen molar-refractivity contribution in [2.75, 3.05) is 7.05 Å². The SMILES string of the molecule is CNC(=O)c1nccc(C(=O)O)n1. The molecule has 1 amide bonds. The molecular formula is C7H7N3O3. The molecule has 1 aromatic rings. The molecule has 0 aliphatic heterocycles. The quantitative estimate of drug-likeness (QED) is 0.643. The van der Waals surface area contributed by atoms with E-state index in [0.717, 1.165) is 0 Å². The zero-order valence-electron chi connectivity index (χ0n) is 6.81. The van der Waals surface area contributed by atoms with Crippen LogP contribution in [0.3, 0.4) is 0 Å². The van der Waals surface area contributed by atoms with E-state index >= 15 is 0 Å². The van der Waals surface area contributed by atoms with Gasteiger partial charge in [-0.15, -0.1) is 0 Å². The summed E-state index contributed by atoms with van der Waals surface area (Å²) in [4.78, 5) is 28.5. The predicted octanol–water partition coefficient (Wildman–Crippen LogP) is -0.466. The molecule has 68 valence electrons. The molecule has 6 nitrogen and oxygen atoms in total. The van der Waals surface area contributed by atoms with Crippen LogP contribution in [0.25, 0.3) is 0 Å². The van der Waals surface area contributed by atoms with E-state index in [4.69, 9.17) is 5.11 Å². The molecule has 1 heterocycles. The molecule has 0 aromatic carbocycles. The number of nitrogens with one attached hydrogen (secondary N) is 1. The highest BCUT2D eigenvalue weighted by Gasteiger charge is 2.10. The lowest BCUT2D eigenvalue weighted by molar-refractivity contribution is 0.0690. The Morgan fingerprint density at radius 3 is 2.77 bits per heavy atom. The van der Waals surface area contributed by atoms with Crippen molar-refractivity contribution < 1.29 is 14.7 Å². The minimum atomic E-state index is -1.19. The first-order valence-electron chi connectivity index (χ1n) is 3.43. The highest BCUT2D eigenvalue weighted by Crippen LogP contribution is 1.95. The molecule has 0 saturated carbocycles. The highest BCUT2D eigenvalue weighted by atomic mass is 16.4. The first-order valence-corrected chi connectivity index (χ1v) is 3.43. The van der Waals surface area contributed by atoms with E-state index in [0.29, 0.717) is 0 Å². The van der Waals surface area contributed by atoms with E-state index in [9.17, 15) is 9.59 Å². The summed E-state index contributed by atoms with van der Waals surface area (Å²) >= 11 is 0.